The summed E-state index contributed by atoms with van der Waals surface area (Å²) in [5, 5.41) is 3.21. The standard InChI is InChI=1S/C9H18N2O2S/c1-2-7-14(12,13)11-9-5-3-4-6-10-8-9/h2,9-11H,1,3-8H2. The Morgan fingerprint density at radius 1 is 1.50 bits per heavy atom. The van der Waals surface area contributed by atoms with Gasteiger partial charge in [0.05, 0.1) is 5.75 Å². The van der Waals surface area contributed by atoms with E-state index in [9.17, 15) is 8.42 Å². The fraction of sp³-hybridized carbons (Fsp3) is 0.778. The van der Waals surface area contributed by atoms with Crippen LogP contribution in [0.15, 0.2) is 12.7 Å². The number of sulfonamides is 1. The third-order valence-corrected chi connectivity index (χ3v) is 3.60. The van der Waals surface area contributed by atoms with E-state index < -0.39 is 10.0 Å². The van der Waals surface area contributed by atoms with Crippen molar-refractivity contribution in [3.63, 3.8) is 0 Å². The fourth-order valence-corrected chi connectivity index (χ4v) is 2.69. The van der Waals surface area contributed by atoms with E-state index >= 15 is 0 Å². The van der Waals surface area contributed by atoms with E-state index in [4.69, 9.17) is 0 Å². The van der Waals surface area contributed by atoms with Crippen LogP contribution in [-0.2, 0) is 10.0 Å². The zero-order chi connectivity index (χ0) is 10.4. The fourth-order valence-electron chi connectivity index (χ4n) is 1.58. The number of rotatable bonds is 4. The van der Waals surface area contributed by atoms with Gasteiger partial charge in [0, 0.05) is 12.6 Å². The van der Waals surface area contributed by atoms with Gasteiger partial charge in [0.1, 0.15) is 0 Å². The summed E-state index contributed by atoms with van der Waals surface area (Å²) in [5.41, 5.74) is 0. The van der Waals surface area contributed by atoms with Crippen molar-refractivity contribution in [3.8, 4) is 0 Å². The monoisotopic (exact) mass is 218 g/mol. The molecule has 2 N–H and O–H groups in total. The van der Waals surface area contributed by atoms with Gasteiger partial charge in [0.25, 0.3) is 0 Å². The zero-order valence-electron chi connectivity index (χ0n) is 8.33. The quantitative estimate of drug-likeness (QED) is 0.664. The lowest BCUT2D eigenvalue weighted by molar-refractivity contribution is 0.523. The summed E-state index contributed by atoms with van der Waals surface area (Å²) in [7, 11) is -3.16. The van der Waals surface area contributed by atoms with Gasteiger partial charge in [-0.25, -0.2) is 13.1 Å². The Hall–Kier alpha value is -0.390. The van der Waals surface area contributed by atoms with E-state index in [0.29, 0.717) is 0 Å². The van der Waals surface area contributed by atoms with Crippen molar-refractivity contribution in [2.45, 2.75) is 25.3 Å². The average Bonchev–Trinajstić information content (AvgIpc) is 2.31. The maximum Gasteiger partial charge on any atom is 0.215 e. The largest absolute Gasteiger partial charge is 0.315 e. The Balaban J connectivity index is 2.45. The molecule has 1 fully saturated rings. The Morgan fingerprint density at radius 2 is 2.29 bits per heavy atom. The van der Waals surface area contributed by atoms with Gasteiger partial charge < -0.3 is 5.32 Å². The first kappa shape index (κ1) is 11.7. The lowest BCUT2D eigenvalue weighted by Crippen LogP contribution is -2.41. The van der Waals surface area contributed by atoms with Crippen molar-refractivity contribution in [2.24, 2.45) is 0 Å². The summed E-state index contributed by atoms with van der Waals surface area (Å²) in [5.74, 6) is 0.00347. The second kappa shape index (κ2) is 5.48. The molecule has 1 aliphatic rings. The van der Waals surface area contributed by atoms with Crippen molar-refractivity contribution in [2.75, 3.05) is 18.8 Å². The summed E-state index contributed by atoms with van der Waals surface area (Å²) in [4.78, 5) is 0. The molecule has 0 aromatic carbocycles. The molecule has 1 saturated heterocycles. The molecule has 0 aliphatic carbocycles. The van der Waals surface area contributed by atoms with Crippen LogP contribution in [-0.4, -0.2) is 33.3 Å². The third-order valence-electron chi connectivity index (χ3n) is 2.23. The summed E-state index contributed by atoms with van der Waals surface area (Å²) >= 11 is 0. The molecule has 82 valence electrons. The topological polar surface area (TPSA) is 58.2 Å². The lowest BCUT2D eigenvalue weighted by atomic mass is 10.2. The minimum Gasteiger partial charge on any atom is -0.315 e. The second-order valence-electron chi connectivity index (χ2n) is 3.58. The van der Waals surface area contributed by atoms with Gasteiger partial charge in [0.15, 0.2) is 0 Å². The van der Waals surface area contributed by atoms with Crippen LogP contribution in [0.2, 0.25) is 0 Å². The summed E-state index contributed by atoms with van der Waals surface area (Å²) in [6, 6.07) is 0.0439. The second-order valence-corrected chi connectivity index (χ2v) is 5.38. The molecule has 14 heavy (non-hydrogen) atoms. The summed E-state index contributed by atoms with van der Waals surface area (Å²) < 4.78 is 25.5. The SMILES string of the molecule is C=CCS(=O)(=O)NC1CCCCNC1. The van der Waals surface area contributed by atoms with Crippen LogP contribution in [0.1, 0.15) is 19.3 Å². The first-order chi connectivity index (χ1) is 6.64. The van der Waals surface area contributed by atoms with Gasteiger partial charge in [0.2, 0.25) is 10.0 Å². The van der Waals surface area contributed by atoms with Crippen LogP contribution in [0.5, 0.6) is 0 Å². The third kappa shape index (κ3) is 4.21. The van der Waals surface area contributed by atoms with Gasteiger partial charge >= 0.3 is 0 Å². The molecule has 1 aliphatic heterocycles. The Kier molecular flexibility index (Phi) is 4.57. The highest BCUT2D eigenvalue weighted by molar-refractivity contribution is 7.89. The molecule has 0 aromatic heterocycles. The molecule has 5 heteroatoms. The molecule has 0 amide bonds. The minimum absolute atomic E-state index is 0.00347. The van der Waals surface area contributed by atoms with Crippen LogP contribution in [0.25, 0.3) is 0 Å². The molecule has 0 aromatic rings. The molecule has 0 bridgehead atoms. The van der Waals surface area contributed by atoms with Crippen molar-refractivity contribution in [3.05, 3.63) is 12.7 Å². The van der Waals surface area contributed by atoms with E-state index in [0.717, 1.165) is 32.4 Å². The number of hydrogen-bond donors (Lipinski definition) is 2. The molecule has 1 unspecified atom stereocenters. The molecule has 0 radical (unpaired) electrons. The van der Waals surface area contributed by atoms with Gasteiger partial charge in [-0.3, -0.25) is 0 Å². The van der Waals surface area contributed by atoms with E-state index in [1.165, 1.54) is 6.08 Å². The van der Waals surface area contributed by atoms with Crippen LogP contribution in [0.4, 0.5) is 0 Å². The normalized spacial score (nSPS) is 24.1. The van der Waals surface area contributed by atoms with Gasteiger partial charge in [-0.05, 0) is 19.4 Å². The van der Waals surface area contributed by atoms with Gasteiger partial charge in [-0.2, -0.15) is 0 Å². The summed E-state index contributed by atoms with van der Waals surface area (Å²) in [6.07, 6.45) is 4.53. The number of hydrogen-bond acceptors (Lipinski definition) is 3. The molecule has 0 spiro atoms. The smallest absolute Gasteiger partial charge is 0.215 e. The van der Waals surface area contributed by atoms with E-state index in [2.05, 4.69) is 16.6 Å². The maximum atomic E-state index is 11.4. The van der Waals surface area contributed by atoms with Crippen LogP contribution in [0.3, 0.4) is 0 Å². The predicted octanol–water partition coefficient (Wildman–Crippen LogP) is 0.234. The van der Waals surface area contributed by atoms with Crippen molar-refractivity contribution < 1.29 is 8.42 Å². The minimum atomic E-state index is -3.16. The molecule has 1 heterocycles. The number of nitrogens with one attached hydrogen (secondary N) is 2. The van der Waals surface area contributed by atoms with E-state index in [-0.39, 0.29) is 11.8 Å². The molecule has 1 rings (SSSR count). The molecular weight excluding hydrogens is 200 g/mol. The first-order valence-corrected chi connectivity index (χ1v) is 6.61. The molecule has 0 saturated carbocycles. The van der Waals surface area contributed by atoms with Gasteiger partial charge in [-0.1, -0.05) is 12.5 Å². The Morgan fingerprint density at radius 3 is 3.00 bits per heavy atom. The Bertz CT molecular complexity index is 267. The van der Waals surface area contributed by atoms with Gasteiger partial charge in [-0.15, -0.1) is 6.58 Å². The highest BCUT2D eigenvalue weighted by Crippen LogP contribution is 2.05. The highest BCUT2D eigenvalue weighted by Gasteiger charge is 2.17. The predicted molar refractivity (Wildman–Crippen MR) is 57.6 cm³/mol. The van der Waals surface area contributed by atoms with E-state index in [1.54, 1.807) is 0 Å². The summed E-state index contributed by atoms with van der Waals surface area (Å²) in [6.45, 7) is 5.14. The molecular formula is C9H18N2O2S. The van der Waals surface area contributed by atoms with E-state index in [1.807, 2.05) is 0 Å². The first-order valence-electron chi connectivity index (χ1n) is 4.95. The van der Waals surface area contributed by atoms with Crippen molar-refractivity contribution >= 4 is 10.0 Å². The molecule has 1 atom stereocenters. The van der Waals surface area contributed by atoms with Crippen molar-refractivity contribution in [1.29, 1.82) is 0 Å². The van der Waals surface area contributed by atoms with Crippen molar-refractivity contribution in [1.82, 2.24) is 10.0 Å². The maximum absolute atomic E-state index is 11.4. The van der Waals surface area contributed by atoms with Crippen LogP contribution in [0, 0.1) is 0 Å². The average molecular weight is 218 g/mol. The zero-order valence-corrected chi connectivity index (χ0v) is 9.15. The lowest BCUT2D eigenvalue weighted by Gasteiger charge is -2.15. The highest BCUT2D eigenvalue weighted by atomic mass is 32.2. The van der Waals surface area contributed by atoms with Crippen LogP contribution >= 0.6 is 0 Å². The Labute approximate surface area is 85.8 Å². The molecule has 4 nitrogen and oxygen atoms in total. The van der Waals surface area contributed by atoms with Crippen LogP contribution < -0.4 is 10.0 Å².